The molecule has 0 bridgehead atoms. The fraction of sp³-hybridized carbons (Fsp3) is 0.615. The van der Waals surface area contributed by atoms with Gasteiger partial charge in [-0.2, -0.15) is 0 Å². The minimum Gasteiger partial charge on any atom is -0.469 e. The van der Waals surface area contributed by atoms with E-state index in [-0.39, 0.29) is 17.9 Å². The molecule has 2 atom stereocenters. The van der Waals surface area contributed by atoms with Gasteiger partial charge in [0, 0.05) is 25.2 Å². The second-order valence-electron chi connectivity index (χ2n) is 4.83. The van der Waals surface area contributed by atoms with E-state index in [1.54, 1.807) is 11.2 Å². The topological polar surface area (TPSA) is 45.5 Å². The van der Waals surface area contributed by atoms with Gasteiger partial charge in [0.1, 0.15) is 5.76 Å². The molecule has 0 aromatic carbocycles. The number of carbonyl (C=O) groups is 1. The lowest BCUT2D eigenvalue weighted by Crippen LogP contribution is -2.37. The molecule has 0 saturated carbocycles. The van der Waals surface area contributed by atoms with E-state index in [0.29, 0.717) is 6.54 Å². The second kappa shape index (κ2) is 4.92. The smallest absolute Gasteiger partial charge is 0.227 e. The molecular formula is C13H20N2O2. The van der Waals surface area contributed by atoms with Crippen molar-refractivity contribution in [3.8, 4) is 0 Å². The molecule has 94 valence electrons. The largest absolute Gasteiger partial charge is 0.469 e. The Labute approximate surface area is 102 Å². The average Bonchev–Trinajstić information content (AvgIpc) is 2.88. The summed E-state index contributed by atoms with van der Waals surface area (Å²) < 4.78 is 5.24. The van der Waals surface area contributed by atoms with Gasteiger partial charge in [0.25, 0.3) is 0 Å². The lowest BCUT2D eigenvalue weighted by Gasteiger charge is -2.23. The fourth-order valence-corrected chi connectivity index (χ4v) is 2.39. The maximum Gasteiger partial charge on any atom is 0.227 e. The van der Waals surface area contributed by atoms with Crippen molar-refractivity contribution in [3.05, 3.63) is 23.7 Å². The molecule has 4 heteroatoms. The molecule has 2 heterocycles. The van der Waals surface area contributed by atoms with Crippen molar-refractivity contribution < 1.29 is 9.21 Å². The third-order valence-corrected chi connectivity index (χ3v) is 3.59. The Balaban J connectivity index is 1.98. The van der Waals surface area contributed by atoms with Crippen LogP contribution < -0.4 is 5.32 Å². The number of aryl methyl sites for hydroxylation is 1. The molecule has 1 saturated heterocycles. The Morgan fingerprint density at radius 2 is 2.41 bits per heavy atom. The summed E-state index contributed by atoms with van der Waals surface area (Å²) in [6, 6.07) is 2.21. The van der Waals surface area contributed by atoms with E-state index in [9.17, 15) is 4.79 Å². The average molecular weight is 236 g/mol. The Morgan fingerprint density at radius 1 is 1.65 bits per heavy atom. The summed E-state index contributed by atoms with van der Waals surface area (Å²) in [5, 5.41) is 3.31. The molecule has 0 spiro atoms. The van der Waals surface area contributed by atoms with E-state index < -0.39 is 0 Å². The van der Waals surface area contributed by atoms with Gasteiger partial charge in [-0.05, 0) is 32.9 Å². The Hall–Kier alpha value is -1.29. The monoisotopic (exact) mass is 236 g/mol. The predicted molar refractivity (Wildman–Crippen MR) is 65.5 cm³/mol. The molecular weight excluding hydrogens is 216 g/mol. The highest BCUT2D eigenvalue weighted by atomic mass is 16.3. The van der Waals surface area contributed by atoms with Crippen molar-refractivity contribution in [3.63, 3.8) is 0 Å². The van der Waals surface area contributed by atoms with Crippen LogP contribution in [0.1, 0.15) is 24.7 Å². The van der Waals surface area contributed by atoms with Crippen molar-refractivity contribution >= 4 is 5.91 Å². The highest BCUT2D eigenvalue weighted by Crippen LogP contribution is 2.19. The van der Waals surface area contributed by atoms with Gasteiger partial charge in [-0.1, -0.05) is 0 Å². The number of carbonyl (C=O) groups excluding carboxylic acids is 1. The Kier molecular flexibility index (Phi) is 3.52. The lowest BCUT2D eigenvalue weighted by molar-refractivity contribution is -0.134. The first-order valence-electron chi connectivity index (χ1n) is 6.11. The van der Waals surface area contributed by atoms with Gasteiger partial charge in [0.15, 0.2) is 0 Å². The van der Waals surface area contributed by atoms with Crippen LogP contribution in [0.25, 0.3) is 0 Å². The molecule has 2 unspecified atom stereocenters. The number of nitrogens with zero attached hydrogens (tertiary/aromatic N) is 1. The highest BCUT2D eigenvalue weighted by molar-refractivity contribution is 5.79. The third-order valence-electron chi connectivity index (χ3n) is 3.59. The molecule has 0 radical (unpaired) electrons. The molecule has 17 heavy (non-hydrogen) atoms. The first-order chi connectivity index (χ1) is 8.09. The molecule has 1 aromatic heterocycles. The first kappa shape index (κ1) is 12.2. The number of rotatable bonds is 3. The first-order valence-corrected chi connectivity index (χ1v) is 6.11. The van der Waals surface area contributed by atoms with E-state index >= 15 is 0 Å². The van der Waals surface area contributed by atoms with Crippen LogP contribution >= 0.6 is 0 Å². The van der Waals surface area contributed by atoms with E-state index in [1.165, 1.54) is 0 Å². The summed E-state index contributed by atoms with van der Waals surface area (Å²) in [4.78, 5) is 14.0. The van der Waals surface area contributed by atoms with Crippen LogP contribution in [0.3, 0.4) is 0 Å². The Morgan fingerprint density at radius 3 is 2.94 bits per heavy atom. The van der Waals surface area contributed by atoms with E-state index in [4.69, 9.17) is 4.42 Å². The lowest BCUT2D eigenvalue weighted by atomic mass is 10.0. The molecule has 4 nitrogen and oxygen atoms in total. The maximum absolute atomic E-state index is 12.2. The Bertz CT molecular complexity index is 400. The number of amides is 1. The van der Waals surface area contributed by atoms with Crippen molar-refractivity contribution in [1.82, 2.24) is 10.2 Å². The van der Waals surface area contributed by atoms with Crippen molar-refractivity contribution in [2.24, 2.45) is 5.92 Å². The van der Waals surface area contributed by atoms with E-state index in [0.717, 1.165) is 24.3 Å². The highest BCUT2D eigenvalue weighted by Gasteiger charge is 2.31. The number of hydrogen-bond acceptors (Lipinski definition) is 3. The maximum atomic E-state index is 12.2. The van der Waals surface area contributed by atoms with Crippen LogP contribution in [-0.2, 0) is 11.3 Å². The molecule has 1 aromatic rings. The van der Waals surface area contributed by atoms with Gasteiger partial charge < -0.3 is 14.6 Å². The van der Waals surface area contributed by atoms with Gasteiger partial charge in [-0.15, -0.1) is 0 Å². The fourth-order valence-electron chi connectivity index (χ4n) is 2.39. The predicted octanol–water partition coefficient (Wildman–Crippen LogP) is 1.54. The molecule has 1 aliphatic rings. The van der Waals surface area contributed by atoms with Crippen molar-refractivity contribution in [2.45, 2.75) is 32.9 Å². The molecule has 0 aliphatic carbocycles. The zero-order chi connectivity index (χ0) is 12.4. The van der Waals surface area contributed by atoms with Gasteiger partial charge in [0.2, 0.25) is 5.91 Å². The van der Waals surface area contributed by atoms with Crippen LogP contribution in [0.2, 0.25) is 0 Å². The van der Waals surface area contributed by atoms with Crippen molar-refractivity contribution in [1.29, 1.82) is 0 Å². The molecule has 1 amide bonds. The van der Waals surface area contributed by atoms with E-state index in [2.05, 4.69) is 12.2 Å². The summed E-state index contributed by atoms with van der Waals surface area (Å²) in [7, 11) is 1.86. The van der Waals surface area contributed by atoms with Crippen LogP contribution in [0.15, 0.2) is 16.7 Å². The molecule has 1 aliphatic heterocycles. The van der Waals surface area contributed by atoms with Crippen LogP contribution in [-0.4, -0.2) is 30.4 Å². The number of furan rings is 1. The van der Waals surface area contributed by atoms with Gasteiger partial charge in [-0.25, -0.2) is 0 Å². The zero-order valence-electron chi connectivity index (χ0n) is 10.7. The standard InChI is InChI=1S/C13H20N2O2/c1-9-12(4-6-14-9)13(16)15(3)8-11-5-7-17-10(11)2/h5,7,9,12,14H,4,6,8H2,1-3H3. The summed E-state index contributed by atoms with van der Waals surface area (Å²) >= 11 is 0. The number of nitrogens with one attached hydrogen (secondary N) is 1. The summed E-state index contributed by atoms with van der Waals surface area (Å²) in [6.45, 7) is 5.57. The molecule has 1 fully saturated rings. The molecule has 1 N–H and O–H groups in total. The van der Waals surface area contributed by atoms with Gasteiger partial charge in [0.05, 0.1) is 12.2 Å². The third kappa shape index (κ3) is 2.52. The van der Waals surface area contributed by atoms with Crippen LogP contribution in [0.4, 0.5) is 0 Å². The second-order valence-corrected chi connectivity index (χ2v) is 4.83. The van der Waals surface area contributed by atoms with Crippen LogP contribution in [0.5, 0.6) is 0 Å². The normalized spacial score (nSPS) is 23.9. The quantitative estimate of drug-likeness (QED) is 0.866. The zero-order valence-corrected chi connectivity index (χ0v) is 10.7. The van der Waals surface area contributed by atoms with Gasteiger partial charge >= 0.3 is 0 Å². The van der Waals surface area contributed by atoms with E-state index in [1.807, 2.05) is 20.0 Å². The minimum absolute atomic E-state index is 0.118. The summed E-state index contributed by atoms with van der Waals surface area (Å²) in [5.74, 6) is 1.23. The van der Waals surface area contributed by atoms with Crippen molar-refractivity contribution in [2.75, 3.05) is 13.6 Å². The van der Waals surface area contributed by atoms with Crippen LogP contribution in [0, 0.1) is 12.8 Å². The summed E-state index contributed by atoms with van der Waals surface area (Å²) in [6.07, 6.45) is 2.61. The minimum atomic E-state index is 0.118. The molecule has 2 rings (SSSR count). The summed E-state index contributed by atoms with van der Waals surface area (Å²) in [5.41, 5.74) is 1.08. The SMILES string of the molecule is Cc1occc1CN(C)C(=O)C1CCNC1C. The van der Waals surface area contributed by atoms with Gasteiger partial charge in [-0.3, -0.25) is 4.79 Å². The number of hydrogen-bond donors (Lipinski definition) is 1.